The Bertz CT molecular complexity index is 870. The summed E-state index contributed by atoms with van der Waals surface area (Å²) in [5.41, 5.74) is 3.44. The lowest BCUT2D eigenvalue weighted by molar-refractivity contribution is 0.824. The molecule has 1 heterocycles. The summed E-state index contributed by atoms with van der Waals surface area (Å²) in [4.78, 5) is 2.07. The van der Waals surface area contributed by atoms with Crippen molar-refractivity contribution in [2.24, 2.45) is 0 Å². The Morgan fingerprint density at radius 2 is 1.74 bits per heavy atom. The molecule has 0 aliphatic carbocycles. The van der Waals surface area contributed by atoms with Gasteiger partial charge in [-0.2, -0.15) is 0 Å². The fourth-order valence-electron chi connectivity index (χ4n) is 3.44. The van der Waals surface area contributed by atoms with Crippen LogP contribution in [0.25, 0.3) is 10.8 Å². The molecule has 2 N–H and O–H groups in total. The van der Waals surface area contributed by atoms with Crippen molar-refractivity contribution in [1.82, 2.24) is 0 Å². The predicted octanol–water partition coefficient (Wildman–Crippen LogP) is 4.81. The Labute approximate surface area is 136 Å². The van der Waals surface area contributed by atoms with E-state index in [0.29, 0.717) is 11.9 Å². The number of hydrogen-bond acceptors (Lipinski definition) is 1. The third-order valence-corrected chi connectivity index (χ3v) is 4.49. The van der Waals surface area contributed by atoms with Gasteiger partial charge in [0.1, 0.15) is 0 Å². The second kappa shape index (κ2) is 5.43. The summed E-state index contributed by atoms with van der Waals surface area (Å²) in [6.07, 6.45) is 0. The maximum absolute atomic E-state index is 8.47. The minimum atomic E-state index is 0.411. The number of rotatable bonds is 1. The smallest absolute Gasteiger partial charge is 0.200 e. The van der Waals surface area contributed by atoms with Crippen molar-refractivity contribution < 1.29 is 0 Å². The second-order valence-corrected chi connectivity index (χ2v) is 6.07. The van der Waals surface area contributed by atoms with Gasteiger partial charge >= 0.3 is 0 Å². The van der Waals surface area contributed by atoms with Crippen LogP contribution < -0.4 is 10.2 Å². The Balaban J connectivity index is 1.71. The number of para-hydroxylation sites is 1. The SMILES string of the molecule is CC1CN(C(=N)Nc2ccccc2)c2ccc3ccccc3c21. The van der Waals surface area contributed by atoms with Crippen LogP contribution in [-0.2, 0) is 0 Å². The number of nitrogens with zero attached hydrogens (tertiary/aromatic N) is 1. The summed E-state index contributed by atoms with van der Waals surface area (Å²) < 4.78 is 0. The largest absolute Gasteiger partial charge is 0.326 e. The zero-order valence-electron chi connectivity index (χ0n) is 13.1. The number of anilines is 2. The highest BCUT2D eigenvalue weighted by Crippen LogP contribution is 2.40. The van der Waals surface area contributed by atoms with E-state index in [2.05, 4.69) is 53.5 Å². The standard InChI is InChI=1S/C20H19N3/c1-14-13-23(20(21)22-16-8-3-2-4-9-16)18-12-11-15-7-5-6-10-17(15)19(14)18/h2-12,14H,13H2,1H3,(H2,21,22). The van der Waals surface area contributed by atoms with Crippen LogP contribution in [0.5, 0.6) is 0 Å². The highest BCUT2D eigenvalue weighted by Gasteiger charge is 2.29. The molecule has 0 saturated carbocycles. The zero-order valence-corrected chi connectivity index (χ0v) is 13.1. The molecule has 0 radical (unpaired) electrons. The molecule has 0 saturated heterocycles. The van der Waals surface area contributed by atoms with E-state index in [1.807, 2.05) is 30.3 Å². The molecule has 0 aromatic heterocycles. The normalized spacial score (nSPS) is 16.4. The van der Waals surface area contributed by atoms with Gasteiger partial charge < -0.3 is 10.2 Å². The number of fused-ring (bicyclic) bond motifs is 3. The van der Waals surface area contributed by atoms with Gasteiger partial charge in [-0.05, 0) is 34.5 Å². The molecule has 1 unspecified atom stereocenters. The molecule has 3 aromatic rings. The summed E-state index contributed by atoms with van der Waals surface area (Å²) in [6, 6.07) is 22.7. The molecule has 0 amide bonds. The van der Waals surface area contributed by atoms with Gasteiger partial charge in [-0.3, -0.25) is 5.41 Å². The molecular weight excluding hydrogens is 282 g/mol. The number of benzene rings is 3. The Morgan fingerprint density at radius 3 is 2.57 bits per heavy atom. The molecule has 1 atom stereocenters. The molecule has 1 aliphatic rings. The fraction of sp³-hybridized carbons (Fsp3) is 0.150. The van der Waals surface area contributed by atoms with Gasteiger partial charge in [-0.25, -0.2) is 0 Å². The van der Waals surface area contributed by atoms with Crippen LogP contribution in [0, 0.1) is 5.41 Å². The van der Waals surface area contributed by atoms with Crippen molar-refractivity contribution in [3.63, 3.8) is 0 Å². The quantitative estimate of drug-likeness (QED) is 0.500. The first-order valence-electron chi connectivity index (χ1n) is 7.94. The lowest BCUT2D eigenvalue weighted by atomic mass is 9.96. The molecule has 3 nitrogen and oxygen atoms in total. The second-order valence-electron chi connectivity index (χ2n) is 6.07. The molecule has 0 spiro atoms. The lowest BCUT2D eigenvalue weighted by Crippen LogP contribution is -2.34. The topological polar surface area (TPSA) is 39.1 Å². The van der Waals surface area contributed by atoms with Gasteiger partial charge in [0.2, 0.25) is 0 Å². The minimum absolute atomic E-state index is 0.411. The molecular formula is C20H19N3. The van der Waals surface area contributed by atoms with E-state index in [4.69, 9.17) is 5.41 Å². The van der Waals surface area contributed by atoms with Crippen LogP contribution in [0.1, 0.15) is 18.4 Å². The fourth-order valence-corrected chi connectivity index (χ4v) is 3.44. The van der Waals surface area contributed by atoms with E-state index < -0.39 is 0 Å². The van der Waals surface area contributed by atoms with E-state index in [0.717, 1.165) is 17.9 Å². The molecule has 0 fully saturated rings. The number of nitrogens with one attached hydrogen (secondary N) is 2. The molecule has 3 aromatic carbocycles. The predicted molar refractivity (Wildman–Crippen MR) is 97.5 cm³/mol. The van der Waals surface area contributed by atoms with Crippen molar-refractivity contribution in [3.8, 4) is 0 Å². The van der Waals surface area contributed by atoms with Gasteiger partial charge in [0.15, 0.2) is 5.96 Å². The van der Waals surface area contributed by atoms with Crippen molar-refractivity contribution in [3.05, 3.63) is 72.3 Å². The maximum Gasteiger partial charge on any atom is 0.200 e. The van der Waals surface area contributed by atoms with Gasteiger partial charge in [0.25, 0.3) is 0 Å². The van der Waals surface area contributed by atoms with Crippen molar-refractivity contribution in [2.45, 2.75) is 12.8 Å². The molecule has 3 heteroatoms. The lowest BCUT2D eigenvalue weighted by Gasteiger charge is -2.21. The minimum Gasteiger partial charge on any atom is -0.326 e. The van der Waals surface area contributed by atoms with Crippen molar-refractivity contribution in [1.29, 1.82) is 5.41 Å². The van der Waals surface area contributed by atoms with E-state index in [1.54, 1.807) is 0 Å². The van der Waals surface area contributed by atoms with Crippen molar-refractivity contribution in [2.75, 3.05) is 16.8 Å². The number of hydrogen-bond donors (Lipinski definition) is 2. The Kier molecular flexibility index (Phi) is 3.27. The van der Waals surface area contributed by atoms with Crippen LogP contribution in [0.2, 0.25) is 0 Å². The van der Waals surface area contributed by atoms with E-state index in [-0.39, 0.29) is 0 Å². The third-order valence-electron chi connectivity index (χ3n) is 4.49. The average Bonchev–Trinajstić information content (AvgIpc) is 2.93. The summed E-state index contributed by atoms with van der Waals surface area (Å²) in [5.74, 6) is 0.839. The highest BCUT2D eigenvalue weighted by molar-refractivity contribution is 6.07. The molecule has 114 valence electrons. The first-order chi connectivity index (χ1) is 11.2. The van der Waals surface area contributed by atoms with Crippen LogP contribution in [0.15, 0.2) is 66.7 Å². The maximum atomic E-state index is 8.47. The first kappa shape index (κ1) is 13.8. The van der Waals surface area contributed by atoms with Gasteiger partial charge in [-0.15, -0.1) is 0 Å². The van der Waals surface area contributed by atoms with Crippen LogP contribution in [-0.4, -0.2) is 12.5 Å². The Hall–Kier alpha value is -2.81. The average molecular weight is 301 g/mol. The summed E-state index contributed by atoms with van der Waals surface area (Å²) in [7, 11) is 0. The van der Waals surface area contributed by atoms with Crippen LogP contribution >= 0.6 is 0 Å². The molecule has 0 bridgehead atoms. The molecule has 23 heavy (non-hydrogen) atoms. The van der Waals surface area contributed by atoms with Crippen LogP contribution in [0.4, 0.5) is 11.4 Å². The first-order valence-corrected chi connectivity index (χ1v) is 7.94. The summed E-state index contributed by atoms with van der Waals surface area (Å²) in [5, 5.41) is 14.2. The molecule has 4 rings (SSSR count). The van der Waals surface area contributed by atoms with E-state index in [1.165, 1.54) is 16.3 Å². The zero-order chi connectivity index (χ0) is 15.8. The summed E-state index contributed by atoms with van der Waals surface area (Å²) >= 11 is 0. The molecule has 1 aliphatic heterocycles. The van der Waals surface area contributed by atoms with Crippen molar-refractivity contribution >= 4 is 28.1 Å². The number of guanidine groups is 1. The summed E-state index contributed by atoms with van der Waals surface area (Å²) in [6.45, 7) is 3.07. The van der Waals surface area contributed by atoms with Gasteiger partial charge in [-0.1, -0.05) is 55.5 Å². The van der Waals surface area contributed by atoms with Gasteiger partial charge in [0.05, 0.1) is 0 Å². The Morgan fingerprint density at radius 1 is 1.00 bits per heavy atom. The van der Waals surface area contributed by atoms with E-state index in [9.17, 15) is 0 Å². The van der Waals surface area contributed by atoms with Gasteiger partial charge in [0, 0.05) is 23.8 Å². The van der Waals surface area contributed by atoms with Crippen LogP contribution in [0.3, 0.4) is 0 Å². The highest BCUT2D eigenvalue weighted by atomic mass is 15.3. The third kappa shape index (κ3) is 2.34. The monoisotopic (exact) mass is 301 g/mol. The van der Waals surface area contributed by atoms with E-state index >= 15 is 0 Å².